The Kier molecular flexibility index (Phi) is 1.93. The predicted octanol–water partition coefficient (Wildman–Crippen LogP) is 1.07. The van der Waals surface area contributed by atoms with Crippen LogP contribution in [0, 0.1) is 0 Å². The summed E-state index contributed by atoms with van der Waals surface area (Å²) in [6.07, 6.45) is 3.58. The molecule has 0 amide bonds. The molecule has 2 rings (SSSR count). The molecule has 0 aromatic carbocycles. The third-order valence-corrected chi connectivity index (χ3v) is 3.14. The molecular weight excluding hydrogens is 157 g/mol. The van der Waals surface area contributed by atoms with Gasteiger partial charge in [-0.3, -0.25) is 4.90 Å². The van der Waals surface area contributed by atoms with Gasteiger partial charge >= 0.3 is 0 Å². The Morgan fingerprint density at radius 3 is 3.08 bits per heavy atom. The van der Waals surface area contributed by atoms with E-state index in [-0.39, 0.29) is 12.1 Å². The van der Waals surface area contributed by atoms with Crippen LogP contribution in [0.4, 0.5) is 4.39 Å². The molecule has 2 fully saturated rings. The number of rotatable bonds is 1. The van der Waals surface area contributed by atoms with E-state index in [2.05, 4.69) is 4.90 Å². The van der Waals surface area contributed by atoms with Crippen molar-refractivity contribution in [2.24, 2.45) is 0 Å². The van der Waals surface area contributed by atoms with Crippen LogP contribution in [0.5, 0.6) is 0 Å². The number of aliphatic hydroxyl groups excluding tert-OH is 1. The summed E-state index contributed by atoms with van der Waals surface area (Å²) in [7, 11) is 0. The zero-order valence-corrected chi connectivity index (χ0v) is 7.09. The molecule has 2 aliphatic rings. The molecule has 68 valence electrons. The third-order valence-electron chi connectivity index (χ3n) is 3.14. The molecule has 2 heterocycles. The molecule has 1 N–H and O–H groups in total. The summed E-state index contributed by atoms with van der Waals surface area (Å²) >= 11 is 0. The van der Waals surface area contributed by atoms with E-state index in [0.29, 0.717) is 6.33 Å². The quantitative estimate of drug-likeness (QED) is 0.638. The van der Waals surface area contributed by atoms with Crippen LogP contribution < -0.4 is 0 Å². The van der Waals surface area contributed by atoms with E-state index in [1.54, 1.807) is 0 Å². The standard InChI is InChI=1S/C9H14FNO/c10-5-8-4-9(7-12)2-1-3-11(9)6-8/h5,12H,1-4,6-7H2/b8-5+/t9-/m0/s1. The van der Waals surface area contributed by atoms with Crippen molar-refractivity contribution in [3.05, 3.63) is 11.9 Å². The minimum Gasteiger partial charge on any atom is -0.394 e. The summed E-state index contributed by atoms with van der Waals surface area (Å²) in [6.45, 7) is 1.90. The van der Waals surface area contributed by atoms with Gasteiger partial charge in [0.25, 0.3) is 0 Å². The second-order valence-electron chi connectivity index (χ2n) is 3.85. The summed E-state index contributed by atoms with van der Waals surface area (Å²) in [5.41, 5.74) is 0.738. The summed E-state index contributed by atoms with van der Waals surface area (Å²) in [5.74, 6) is 0. The van der Waals surface area contributed by atoms with Crippen molar-refractivity contribution in [2.75, 3.05) is 19.7 Å². The molecule has 0 spiro atoms. The first-order valence-corrected chi connectivity index (χ1v) is 4.45. The lowest BCUT2D eigenvalue weighted by Gasteiger charge is -2.28. The van der Waals surface area contributed by atoms with Gasteiger partial charge in [0.2, 0.25) is 0 Å². The van der Waals surface area contributed by atoms with E-state index in [1.807, 2.05) is 0 Å². The Labute approximate surface area is 71.7 Å². The van der Waals surface area contributed by atoms with E-state index >= 15 is 0 Å². The zero-order chi connectivity index (χ0) is 8.60. The first-order chi connectivity index (χ1) is 5.80. The van der Waals surface area contributed by atoms with E-state index in [9.17, 15) is 9.50 Å². The van der Waals surface area contributed by atoms with Gasteiger partial charge < -0.3 is 5.11 Å². The number of fused-ring (bicyclic) bond motifs is 1. The van der Waals surface area contributed by atoms with Crippen LogP contribution >= 0.6 is 0 Å². The number of halogens is 1. The van der Waals surface area contributed by atoms with Crippen molar-refractivity contribution in [3.63, 3.8) is 0 Å². The molecule has 2 nitrogen and oxygen atoms in total. The van der Waals surface area contributed by atoms with Gasteiger partial charge in [-0.05, 0) is 31.4 Å². The van der Waals surface area contributed by atoms with Crippen molar-refractivity contribution >= 4 is 0 Å². The first kappa shape index (κ1) is 8.20. The van der Waals surface area contributed by atoms with Gasteiger partial charge in [0.1, 0.15) is 0 Å². The van der Waals surface area contributed by atoms with Gasteiger partial charge in [-0.25, -0.2) is 4.39 Å². The first-order valence-electron chi connectivity index (χ1n) is 4.45. The van der Waals surface area contributed by atoms with Gasteiger partial charge in [0, 0.05) is 12.1 Å². The Morgan fingerprint density at radius 1 is 1.67 bits per heavy atom. The van der Waals surface area contributed by atoms with Crippen molar-refractivity contribution < 1.29 is 9.50 Å². The summed E-state index contributed by atoms with van der Waals surface area (Å²) in [6, 6.07) is 0. The van der Waals surface area contributed by atoms with Crippen LogP contribution in [0.25, 0.3) is 0 Å². The largest absolute Gasteiger partial charge is 0.394 e. The van der Waals surface area contributed by atoms with Crippen molar-refractivity contribution in [3.8, 4) is 0 Å². The molecular formula is C9H14FNO. The van der Waals surface area contributed by atoms with E-state index in [1.165, 1.54) is 0 Å². The molecule has 0 aliphatic carbocycles. The summed E-state index contributed by atoms with van der Waals surface area (Å²) in [5, 5.41) is 9.25. The van der Waals surface area contributed by atoms with E-state index in [4.69, 9.17) is 0 Å². The SMILES string of the molecule is OC[C@@]12CCCN1C/C(=C/F)C2. The van der Waals surface area contributed by atoms with Crippen molar-refractivity contribution in [1.29, 1.82) is 0 Å². The van der Waals surface area contributed by atoms with Crippen molar-refractivity contribution in [2.45, 2.75) is 24.8 Å². The van der Waals surface area contributed by atoms with Crippen LogP contribution in [0.3, 0.4) is 0 Å². The van der Waals surface area contributed by atoms with Crippen LogP contribution in [0.15, 0.2) is 11.9 Å². The van der Waals surface area contributed by atoms with Crippen LogP contribution in [-0.4, -0.2) is 35.2 Å². The highest BCUT2D eigenvalue weighted by atomic mass is 19.1. The van der Waals surface area contributed by atoms with Crippen LogP contribution in [-0.2, 0) is 0 Å². The highest BCUT2D eigenvalue weighted by Gasteiger charge is 2.45. The van der Waals surface area contributed by atoms with Gasteiger partial charge in [-0.2, -0.15) is 0 Å². The molecule has 0 saturated carbocycles. The molecule has 2 aliphatic heterocycles. The molecule has 2 saturated heterocycles. The number of hydrogen-bond acceptors (Lipinski definition) is 2. The Balaban J connectivity index is 2.20. The minimum absolute atomic E-state index is 0.0993. The fraction of sp³-hybridized carbons (Fsp3) is 0.778. The average Bonchev–Trinajstić information content (AvgIpc) is 2.58. The van der Waals surface area contributed by atoms with Gasteiger partial charge in [0.15, 0.2) is 0 Å². The monoisotopic (exact) mass is 171 g/mol. The number of hydrogen-bond donors (Lipinski definition) is 1. The lowest BCUT2D eigenvalue weighted by atomic mass is 9.94. The second-order valence-corrected chi connectivity index (χ2v) is 3.85. The minimum atomic E-state index is -0.0993. The maximum atomic E-state index is 12.2. The Hall–Kier alpha value is -0.410. The molecule has 1 atom stereocenters. The molecule has 0 unspecified atom stereocenters. The maximum Gasteiger partial charge on any atom is 0.0872 e. The molecule has 0 aromatic rings. The summed E-state index contributed by atoms with van der Waals surface area (Å²) < 4.78 is 12.2. The lowest BCUT2D eigenvalue weighted by Crippen LogP contribution is -2.41. The zero-order valence-electron chi connectivity index (χ0n) is 7.09. The fourth-order valence-electron chi connectivity index (χ4n) is 2.47. The highest BCUT2D eigenvalue weighted by Crippen LogP contribution is 2.40. The maximum absolute atomic E-state index is 12.2. The van der Waals surface area contributed by atoms with Gasteiger partial charge in [-0.15, -0.1) is 0 Å². The predicted molar refractivity (Wildman–Crippen MR) is 44.4 cm³/mol. The molecule has 3 heteroatoms. The second kappa shape index (κ2) is 2.82. The number of nitrogens with zero attached hydrogens (tertiary/aromatic N) is 1. The Morgan fingerprint density at radius 2 is 2.50 bits per heavy atom. The lowest BCUT2D eigenvalue weighted by molar-refractivity contribution is 0.1000. The van der Waals surface area contributed by atoms with Gasteiger partial charge in [0.05, 0.1) is 12.9 Å². The molecule has 0 aromatic heterocycles. The van der Waals surface area contributed by atoms with E-state index < -0.39 is 0 Å². The van der Waals surface area contributed by atoms with Crippen LogP contribution in [0.1, 0.15) is 19.3 Å². The highest BCUT2D eigenvalue weighted by molar-refractivity contribution is 5.18. The van der Waals surface area contributed by atoms with E-state index in [0.717, 1.165) is 37.9 Å². The molecule has 0 radical (unpaired) electrons. The van der Waals surface area contributed by atoms with Gasteiger partial charge in [-0.1, -0.05) is 0 Å². The topological polar surface area (TPSA) is 23.5 Å². The summed E-state index contributed by atoms with van der Waals surface area (Å²) in [4.78, 5) is 2.21. The number of aliphatic hydroxyl groups is 1. The van der Waals surface area contributed by atoms with Crippen LogP contribution in [0.2, 0.25) is 0 Å². The Bertz CT molecular complexity index is 217. The van der Waals surface area contributed by atoms with Crippen molar-refractivity contribution in [1.82, 2.24) is 4.90 Å². The normalized spacial score (nSPS) is 39.3. The molecule has 0 bridgehead atoms. The smallest absolute Gasteiger partial charge is 0.0872 e. The molecule has 12 heavy (non-hydrogen) atoms. The third kappa shape index (κ3) is 1.00. The fourth-order valence-corrected chi connectivity index (χ4v) is 2.47. The average molecular weight is 171 g/mol.